The number of nitrogens with two attached hydrogens (primary N) is 1. The molecule has 0 saturated carbocycles. The van der Waals surface area contributed by atoms with Crippen LogP contribution in [0, 0.1) is 5.82 Å². The van der Waals surface area contributed by atoms with Gasteiger partial charge in [0, 0.05) is 22.8 Å². The second kappa shape index (κ2) is 10.5. The lowest BCUT2D eigenvalue weighted by atomic mass is 10.0. The van der Waals surface area contributed by atoms with E-state index in [9.17, 15) is 17.9 Å². The third-order valence-electron chi connectivity index (χ3n) is 5.39. The number of sulfonamides is 1. The van der Waals surface area contributed by atoms with E-state index in [0.717, 1.165) is 23.0 Å². The van der Waals surface area contributed by atoms with Crippen molar-refractivity contribution in [2.75, 3.05) is 17.1 Å². The minimum atomic E-state index is -4.19. The van der Waals surface area contributed by atoms with Gasteiger partial charge in [-0.05, 0) is 67.3 Å². The summed E-state index contributed by atoms with van der Waals surface area (Å²) < 4.78 is 47.3. The SMILES string of the molecule is Nc1ccc(F)c(S(=O)(=O)Nc2cccc([C@@H](O)CCCCOc3ccc4c(Cl)[nH]nc4c3)c2)c1. The highest BCUT2D eigenvalue weighted by Gasteiger charge is 2.20. The van der Waals surface area contributed by atoms with Gasteiger partial charge in [-0.25, -0.2) is 12.8 Å². The maximum absolute atomic E-state index is 14.0. The summed E-state index contributed by atoms with van der Waals surface area (Å²) in [6.07, 6.45) is 1.04. The van der Waals surface area contributed by atoms with Crippen LogP contribution in [0.4, 0.5) is 15.8 Å². The van der Waals surface area contributed by atoms with Crippen LogP contribution in [0.1, 0.15) is 30.9 Å². The average Bonchev–Trinajstić information content (AvgIpc) is 3.20. The Morgan fingerprint density at radius 1 is 1.14 bits per heavy atom. The molecule has 0 fully saturated rings. The first-order valence-corrected chi connectivity index (χ1v) is 12.7. The van der Waals surface area contributed by atoms with Crippen molar-refractivity contribution in [3.05, 3.63) is 77.2 Å². The summed E-state index contributed by atoms with van der Waals surface area (Å²) >= 11 is 6.00. The molecule has 0 aliphatic rings. The number of hydrogen-bond donors (Lipinski definition) is 4. The van der Waals surface area contributed by atoms with E-state index in [-0.39, 0.29) is 11.4 Å². The van der Waals surface area contributed by atoms with Crippen molar-refractivity contribution in [2.24, 2.45) is 0 Å². The lowest BCUT2D eigenvalue weighted by Gasteiger charge is -2.14. The Labute approximate surface area is 206 Å². The number of unbranched alkanes of at least 4 members (excludes halogenated alkanes) is 1. The van der Waals surface area contributed by atoms with Gasteiger partial charge in [0.15, 0.2) is 0 Å². The zero-order chi connectivity index (χ0) is 25.0. The van der Waals surface area contributed by atoms with Crippen LogP contribution in [0.15, 0.2) is 65.6 Å². The first kappa shape index (κ1) is 24.8. The minimum Gasteiger partial charge on any atom is -0.494 e. The van der Waals surface area contributed by atoms with Crippen molar-refractivity contribution in [1.29, 1.82) is 0 Å². The molecule has 11 heteroatoms. The molecule has 0 amide bonds. The molecule has 5 N–H and O–H groups in total. The molecule has 8 nitrogen and oxygen atoms in total. The Hall–Kier alpha value is -3.34. The molecular weight excluding hydrogens is 495 g/mol. The molecule has 4 aromatic rings. The van der Waals surface area contributed by atoms with Gasteiger partial charge in [-0.3, -0.25) is 9.82 Å². The molecule has 1 heterocycles. The number of fused-ring (bicyclic) bond motifs is 1. The number of nitrogens with one attached hydrogen (secondary N) is 2. The van der Waals surface area contributed by atoms with Gasteiger partial charge in [-0.15, -0.1) is 0 Å². The fourth-order valence-electron chi connectivity index (χ4n) is 3.59. The summed E-state index contributed by atoms with van der Waals surface area (Å²) in [5, 5.41) is 18.7. The van der Waals surface area contributed by atoms with Gasteiger partial charge in [0.25, 0.3) is 10.0 Å². The second-order valence-electron chi connectivity index (χ2n) is 8.00. The Bertz CT molecular complexity index is 1440. The first-order chi connectivity index (χ1) is 16.7. The number of hydrogen-bond acceptors (Lipinski definition) is 6. The van der Waals surface area contributed by atoms with Crippen molar-refractivity contribution >= 4 is 43.9 Å². The number of aliphatic hydroxyl groups excluding tert-OH is 1. The van der Waals surface area contributed by atoms with Gasteiger partial charge in [-0.2, -0.15) is 5.10 Å². The van der Waals surface area contributed by atoms with Gasteiger partial charge >= 0.3 is 0 Å². The predicted octanol–water partition coefficient (Wildman–Crippen LogP) is 5.02. The molecule has 0 aliphatic carbocycles. The highest BCUT2D eigenvalue weighted by molar-refractivity contribution is 7.92. The fraction of sp³-hybridized carbons (Fsp3) is 0.208. The number of aromatic amines is 1. The summed E-state index contributed by atoms with van der Waals surface area (Å²) in [4.78, 5) is -0.544. The van der Waals surface area contributed by atoms with Crippen molar-refractivity contribution in [1.82, 2.24) is 10.2 Å². The average molecular weight is 519 g/mol. The van der Waals surface area contributed by atoms with Gasteiger partial charge in [-0.1, -0.05) is 23.7 Å². The van der Waals surface area contributed by atoms with Crippen LogP contribution in [0.25, 0.3) is 10.9 Å². The van der Waals surface area contributed by atoms with E-state index in [1.165, 1.54) is 18.2 Å². The minimum absolute atomic E-state index is 0.131. The highest BCUT2D eigenvalue weighted by atomic mass is 35.5. The quantitative estimate of drug-likeness (QED) is 0.172. The lowest BCUT2D eigenvalue weighted by Crippen LogP contribution is -2.15. The smallest absolute Gasteiger partial charge is 0.264 e. The Kier molecular flexibility index (Phi) is 7.44. The normalized spacial score (nSPS) is 12.5. The number of halogens is 2. The summed E-state index contributed by atoms with van der Waals surface area (Å²) in [5.74, 6) is -0.226. The summed E-state index contributed by atoms with van der Waals surface area (Å²) in [6.45, 7) is 0.460. The number of nitrogens with zero attached hydrogens (tertiary/aromatic N) is 1. The number of aromatic nitrogens is 2. The van der Waals surface area contributed by atoms with Gasteiger partial charge in [0.05, 0.1) is 18.2 Å². The largest absolute Gasteiger partial charge is 0.494 e. The Morgan fingerprint density at radius 2 is 1.97 bits per heavy atom. The van der Waals surface area contributed by atoms with E-state index < -0.39 is 26.8 Å². The maximum Gasteiger partial charge on any atom is 0.264 e. The van der Waals surface area contributed by atoms with E-state index in [1.807, 2.05) is 12.1 Å². The van der Waals surface area contributed by atoms with Crippen LogP contribution in [0.3, 0.4) is 0 Å². The highest BCUT2D eigenvalue weighted by Crippen LogP contribution is 2.27. The van der Waals surface area contributed by atoms with Gasteiger partial charge < -0.3 is 15.6 Å². The maximum atomic E-state index is 14.0. The monoisotopic (exact) mass is 518 g/mol. The number of anilines is 2. The summed E-state index contributed by atoms with van der Waals surface area (Å²) in [7, 11) is -4.19. The van der Waals surface area contributed by atoms with Gasteiger partial charge in [0.1, 0.15) is 21.6 Å². The van der Waals surface area contributed by atoms with E-state index in [2.05, 4.69) is 14.9 Å². The van der Waals surface area contributed by atoms with Crippen molar-refractivity contribution < 1.29 is 22.7 Å². The molecule has 0 bridgehead atoms. The number of ether oxygens (including phenoxy) is 1. The second-order valence-corrected chi connectivity index (χ2v) is 10.0. The number of benzene rings is 3. The molecule has 0 spiro atoms. The first-order valence-electron chi connectivity index (χ1n) is 10.9. The molecule has 3 aromatic carbocycles. The topological polar surface area (TPSA) is 130 Å². The van der Waals surface area contributed by atoms with Crippen LogP contribution in [-0.2, 0) is 10.0 Å². The van der Waals surface area contributed by atoms with E-state index in [4.69, 9.17) is 22.1 Å². The van der Waals surface area contributed by atoms with E-state index >= 15 is 0 Å². The van der Waals surface area contributed by atoms with E-state index in [1.54, 1.807) is 18.2 Å². The molecule has 0 saturated heterocycles. The number of aliphatic hydroxyl groups is 1. The molecular formula is C24H24ClFN4O4S. The summed E-state index contributed by atoms with van der Waals surface area (Å²) in [5.41, 5.74) is 7.20. The number of H-pyrrole nitrogens is 1. The van der Waals surface area contributed by atoms with E-state index in [0.29, 0.717) is 42.3 Å². The third kappa shape index (κ3) is 6.02. The van der Waals surface area contributed by atoms with Crippen LogP contribution in [0.2, 0.25) is 5.15 Å². The predicted molar refractivity (Wildman–Crippen MR) is 133 cm³/mol. The molecule has 1 atom stereocenters. The standard InChI is InChI=1S/C24H24ClFN4O4S/c25-24-19-9-8-18(14-21(19)28-29-24)34-11-2-1-6-22(31)15-4-3-5-17(12-15)30-35(32,33)23-13-16(27)7-10-20(23)26/h3-5,7-10,12-14,22,30-31H,1-2,6,11,27H2,(H,28,29)/t22-/m0/s1. The molecule has 0 aliphatic heterocycles. The number of nitrogen functional groups attached to an aromatic ring is 1. The fourth-order valence-corrected chi connectivity index (χ4v) is 4.96. The zero-order valence-corrected chi connectivity index (χ0v) is 20.1. The third-order valence-corrected chi connectivity index (χ3v) is 7.07. The van der Waals surface area contributed by atoms with Crippen molar-refractivity contribution in [2.45, 2.75) is 30.3 Å². The summed E-state index contributed by atoms with van der Waals surface area (Å²) in [6, 6.07) is 15.2. The van der Waals surface area contributed by atoms with Crippen LogP contribution < -0.4 is 15.2 Å². The molecule has 184 valence electrons. The Balaban J connectivity index is 1.29. The van der Waals surface area contributed by atoms with Crippen molar-refractivity contribution in [3.63, 3.8) is 0 Å². The van der Waals surface area contributed by atoms with Gasteiger partial charge in [0.2, 0.25) is 0 Å². The van der Waals surface area contributed by atoms with Crippen LogP contribution in [-0.4, -0.2) is 30.3 Å². The zero-order valence-electron chi connectivity index (χ0n) is 18.5. The molecule has 35 heavy (non-hydrogen) atoms. The molecule has 0 radical (unpaired) electrons. The van der Waals surface area contributed by atoms with Crippen molar-refractivity contribution in [3.8, 4) is 5.75 Å². The molecule has 4 rings (SSSR count). The number of rotatable bonds is 10. The lowest BCUT2D eigenvalue weighted by molar-refractivity contribution is 0.160. The molecule has 0 unspecified atom stereocenters. The Morgan fingerprint density at radius 3 is 2.80 bits per heavy atom. The van der Waals surface area contributed by atoms with Crippen LogP contribution >= 0.6 is 11.6 Å². The van der Waals surface area contributed by atoms with Crippen LogP contribution in [0.5, 0.6) is 5.75 Å². The molecule has 1 aromatic heterocycles.